The molecule has 4 heteroatoms. The molecule has 2 unspecified atom stereocenters. The maximum atomic E-state index is 12.6. The average molecular weight is 314 g/mol. The van der Waals surface area contributed by atoms with Crippen molar-refractivity contribution < 1.29 is 9.53 Å². The summed E-state index contributed by atoms with van der Waals surface area (Å²) in [5, 5.41) is 0. The highest BCUT2D eigenvalue weighted by Gasteiger charge is 2.39. The van der Waals surface area contributed by atoms with Crippen LogP contribution in [0.3, 0.4) is 0 Å². The summed E-state index contributed by atoms with van der Waals surface area (Å²) in [5.74, 6) is 0. The summed E-state index contributed by atoms with van der Waals surface area (Å²) in [5.41, 5.74) is 3.34. The molecule has 0 radical (unpaired) electrons. The van der Waals surface area contributed by atoms with Crippen LogP contribution in [-0.4, -0.2) is 33.7 Å². The van der Waals surface area contributed by atoms with Crippen molar-refractivity contribution >= 4 is 11.7 Å². The molecule has 1 amide bonds. The highest BCUT2D eigenvalue weighted by Crippen LogP contribution is 2.38. The summed E-state index contributed by atoms with van der Waals surface area (Å²) < 4.78 is 5.62. The Morgan fingerprint density at radius 2 is 2.13 bits per heavy atom. The number of fused-ring (bicyclic) bond motifs is 2. The molecule has 0 saturated carbocycles. The number of ether oxygens (including phenoxy) is 1. The van der Waals surface area contributed by atoms with E-state index in [1.165, 1.54) is 23.1 Å². The number of nitrogens with zero attached hydrogens (tertiary/aromatic N) is 2. The monoisotopic (exact) mass is 314 g/mol. The van der Waals surface area contributed by atoms with Crippen LogP contribution in [0.15, 0.2) is 24.5 Å². The first-order chi connectivity index (χ1) is 10.8. The van der Waals surface area contributed by atoms with E-state index >= 15 is 0 Å². The molecule has 0 N–H and O–H groups in total. The highest BCUT2D eigenvalue weighted by molar-refractivity contribution is 5.75. The number of hydrogen-bond acceptors (Lipinski definition) is 3. The Bertz CT molecular complexity index is 631. The number of aromatic nitrogens is 1. The molecule has 2 aliphatic heterocycles. The zero-order valence-electron chi connectivity index (χ0n) is 14.5. The van der Waals surface area contributed by atoms with Crippen molar-refractivity contribution in [1.29, 1.82) is 0 Å². The Kier molecular flexibility index (Phi) is 4.17. The van der Waals surface area contributed by atoms with Crippen molar-refractivity contribution in [3.8, 4) is 0 Å². The van der Waals surface area contributed by atoms with Gasteiger partial charge in [-0.1, -0.05) is 6.08 Å². The third-order valence-corrected chi connectivity index (χ3v) is 4.63. The predicted octanol–water partition coefficient (Wildman–Crippen LogP) is 4.34. The lowest BCUT2D eigenvalue weighted by Gasteiger charge is -2.45. The zero-order valence-corrected chi connectivity index (χ0v) is 14.5. The molecule has 4 nitrogen and oxygen atoms in total. The van der Waals surface area contributed by atoms with Gasteiger partial charge < -0.3 is 4.74 Å². The molecule has 1 saturated heterocycles. The van der Waals surface area contributed by atoms with Gasteiger partial charge in [0.25, 0.3) is 0 Å². The first kappa shape index (κ1) is 16.0. The van der Waals surface area contributed by atoms with Crippen LogP contribution in [0.4, 0.5) is 4.79 Å². The highest BCUT2D eigenvalue weighted by atomic mass is 16.6. The molecule has 124 valence electrons. The molecule has 1 aromatic rings. The number of piperidine rings is 1. The van der Waals surface area contributed by atoms with Crippen LogP contribution in [0.2, 0.25) is 0 Å². The van der Waals surface area contributed by atoms with Crippen molar-refractivity contribution in [2.75, 3.05) is 0 Å². The van der Waals surface area contributed by atoms with E-state index in [-0.39, 0.29) is 18.2 Å². The Labute approximate surface area is 138 Å². The SMILES string of the molecule is Cc1ccncc1C1=CC2CCCC(C1)N2C(=O)OC(C)(C)C. The molecule has 0 aromatic carbocycles. The second kappa shape index (κ2) is 5.99. The summed E-state index contributed by atoms with van der Waals surface area (Å²) >= 11 is 0. The van der Waals surface area contributed by atoms with Gasteiger partial charge in [0, 0.05) is 18.4 Å². The maximum absolute atomic E-state index is 12.6. The number of hydrogen-bond donors (Lipinski definition) is 0. The van der Waals surface area contributed by atoms with Crippen molar-refractivity contribution in [3.63, 3.8) is 0 Å². The van der Waals surface area contributed by atoms with Gasteiger partial charge in [-0.2, -0.15) is 0 Å². The van der Waals surface area contributed by atoms with Gasteiger partial charge in [0.15, 0.2) is 0 Å². The standard InChI is InChI=1S/C19H26N2O2/c1-13-8-9-20-12-17(13)14-10-15-6-5-7-16(11-14)21(15)18(22)23-19(2,3)4/h8-10,12,15-16H,5-7,11H2,1-4H3. The molecule has 3 heterocycles. The third-order valence-electron chi connectivity index (χ3n) is 4.63. The van der Waals surface area contributed by atoms with Crippen LogP contribution in [-0.2, 0) is 4.74 Å². The van der Waals surface area contributed by atoms with Gasteiger partial charge in [-0.15, -0.1) is 0 Å². The van der Waals surface area contributed by atoms with Crippen LogP contribution < -0.4 is 0 Å². The van der Waals surface area contributed by atoms with Crippen molar-refractivity contribution in [2.24, 2.45) is 0 Å². The normalized spacial score (nSPS) is 24.2. The largest absolute Gasteiger partial charge is 0.444 e. The molecular weight excluding hydrogens is 288 g/mol. The molecule has 23 heavy (non-hydrogen) atoms. The molecule has 0 spiro atoms. The molecule has 0 aliphatic carbocycles. The van der Waals surface area contributed by atoms with Crippen LogP contribution in [0.5, 0.6) is 0 Å². The molecular formula is C19H26N2O2. The minimum atomic E-state index is -0.449. The fraction of sp³-hybridized carbons (Fsp3) is 0.579. The summed E-state index contributed by atoms with van der Waals surface area (Å²) in [6, 6.07) is 2.43. The number of carbonyl (C=O) groups is 1. The van der Waals surface area contributed by atoms with E-state index < -0.39 is 5.60 Å². The molecule has 1 aromatic heterocycles. The third kappa shape index (κ3) is 3.41. The van der Waals surface area contributed by atoms with Gasteiger partial charge >= 0.3 is 6.09 Å². The lowest BCUT2D eigenvalue weighted by Crippen LogP contribution is -2.53. The summed E-state index contributed by atoms with van der Waals surface area (Å²) in [6.07, 6.45) is 9.97. The molecule has 2 atom stereocenters. The maximum Gasteiger partial charge on any atom is 0.411 e. The van der Waals surface area contributed by atoms with Crippen LogP contribution in [0, 0.1) is 6.92 Å². The molecule has 2 aliphatic rings. The number of aryl methyl sites for hydroxylation is 1. The summed E-state index contributed by atoms with van der Waals surface area (Å²) in [6.45, 7) is 7.88. The fourth-order valence-corrected chi connectivity index (χ4v) is 3.63. The minimum absolute atomic E-state index is 0.145. The Balaban J connectivity index is 1.88. The Morgan fingerprint density at radius 3 is 2.78 bits per heavy atom. The van der Waals surface area contributed by atoms with Gasteiger partial charge in [-0.05, 0) is 76.1 Å². The van der Waals surface area contributed by atoms with Gasteiger partial charge in [0.2, 0.25) is 0 Å². The topological polar surface area (TPSA) is 42.4 Å². The van der Waals surface area contributed by atoms with E-state index in [1.807, 2.05) is 44.1 Å². The fourth-order valence-electron chi connectivity index (χ4n) is 3.63. The molecule has 2 bridgehead atoms. The van der Waals surface area contributed by atoms with Crippen molar-refractivity contribution in [1.82, 2.24) is 9.88 Å². The van der Waals surface area contributed by atoms with Gasteiger partial charge in [-0.25, -0.2) is 4.79 Å². The first-order valence-electron chi connectivity index (χ1n) is 8.48. The average Bonchev–Trinajstić information content (AvgIpc) is 2.44. The summed E-state index contributed by atoms with van der Waals surface area (Å²) in [4.78, 5) is 18.8. The van der Waals surface area contributed by atoms with E-state index in [0.717, 1.165) is 19.3 Å². The summed E-state index contributed by atoms with van der Waals surface area (Å²) in [7, 11) is 0. The van der Waals surface area contributed by atoms with Crippen molar-refractivity contribution in [2.45, 2.75) is 71.1 Å². The lowest BCUT2D eigenvalue weighted by atomic mass is 9.82. The van der Waals surface area contributed by atoms with Crippen LogP contribution in [0.1, 0.15) is 57.6 Å². The minimum Gasteiger partial charge on any atom is -0.444 e. The van der Waals surface area contributed by atoms with E-state index in [4.69, 9.17) is 4.74 Å². The number of carbonyl (C=O) groups excluding carboxylic acids is 1. The quantitative estimate of drug-likeness (QED) is 0.774. The zero-order chi connectivity index (χ0) is 16.6. The van der Waals surface area contributed by atoms with E-state index in [9.17, 15) is 4.79 Å². The number of pyridine rings is 1. The molecule has 1 fully saturated rings. The van der Waals surface area contributed by atoms with Crippen LogP contribution >= 0.6 is 0 Å². The van der Waals surface area contributed by atoms with Crippen molar-refractivity contribution in [3.05, 3.63) is 35.7 Å². The lowest BCUT2D eigenvalue weighted by molar-refractivity contribution is 0.0000855. The van der Waals surface area contributed by atoms with E-state index in [1.54, 1.807) is 0 Å². The Morgan fingerprint density at radius 1 is 1.35 bits per heavy atom. The van der Waals surface area contributed by atoms with Gasteiger partial charge in [-0.3, -0.25) is 9.88 Å². The smallest absolute Gasteiger partial charge is 0.411 e. The van der Waals surface area contributed by atoms with Gasteiger partial charge in [0.05, 0.1) is 6.04 Å². The second-order valence-corrected chi connectivity index (χ2v) is 7.63. The number of amides is 1. The Hall–Kier alpha value is -1.84. The van der Waals surface area contributed by atoms with E-state index in [0.29, 0.717) is 0 Å². The molecule has 3 rings (SSSR count). The van der Waals surface area contributed by atoms with Gasteiger partial charge in [0.1, 0.15) is 5.60 Å². The second-order valence-electron chi connectivity index (χ2n) is 7.63. The number of rotatable bonds is 1. The predicted molar refractivity (Wildman–Crippen MR) is 91.1 cm³/mol. The first-order valence-corrected chi connectivity index (χ1v) is 8.48. The van der Waals surface area contributed by atoms with E-state index in [2.05, 4.69) is 18.0 Å². The van der Waals surface area contributed by atoms with Crippen LogP contribution in [0.25, 0.3) is 5.57 Å².